The number of hydrogen-bond acceptors (Lipinski definition) is 5. The van der Waals surface area contributed by atoms with E-state index < -0.39 is 17.2 Å². The Hall–Kier alpha value is -0.850. The Bertz CT molecular complexity index is 257. The van der Waals surface area contributed by atoms with Gasteiger partial charge in [-0.05, 0) is 20.8 Å². The lowest BCUT2D eigenvalue weighted by atomic mass is 10.0. The predicted octanol–water partition coefficient (Wildman–Crippen LogP) is -0.138. The molecule has 1 fully saturated rings. The zero-order chi connectivity index (χ0) is 12.9. The van der Waals surface area contributed by atoms with E-state index in [4.69, 9.17) is 9.47 Å². The second kappa shape index (κ2) is 5.66. The summed E-state index contributed by atoms with van der Waals surface area (Å²) in [7, 11) is 0. The van der Waals surface area contributed by atoms with Gasteiger partial charge in [0, 0.05) is 13.1 Å². The molecule has 0 unspecified atom stereocenters. The van der Waals surface area contributed by atoms with Crippen molar-refractivity contribution < 1.29 is 19.4 Å². The van der Waals surface area contributed by atoms with Crippen LogP contribution < -0.4 is 10.6 Å². The summed E-state index contributed by atoms with van der Waals surface area (Å²) in [6, 6.07) is 0. The van der Waals surface area contributed by atoms with Gasteiger partial charge >= 0.3 is 6.09 Å². The van der Waals surface area contributed by atoms with Gasteiger partial charge in [-0.2, -0.15) is 0 Å². The highest BCUT2D eigenvalue weighted by molar-refractivity contribution is 5.67. The molecule has 0 radical (unpaired) electrons. The van der Waals surface area contributed by atoms with Crippen LogP contribution in [0.3, 0.4) is 0 Å². The van der Waals surface area contributed by atoms with Crippen LogP contribution in [0.15, 0.2) is 0 Å². The monoisotopic (exact) mass is 246 g/mol. The second-order valence-electron chi connectivity index (χ2n) is 5.27. The standard InChI is InChI=1S/C11H22N2O4/c1-10(2,3)17-9(15)12-6-11(7-14)8-16-5-4-13-11/h13-14H,4-8H2,1-3H3,(H,12,15)/t11-/m0/s1. The number of nitrogens with one attached hydrogen (secondary N) is 2. The Labute approximate surface area is 102 Å². The molecule has 1 saturated heterocycles. The molecule has 1 aliphatic rings. The summed E-state index contributed by atoms with van der Waals surface area (Å²) in [5, 5.41) is 15.1. The minimum atomic E-state index is -0.602. The molecule has 6 heteroatoms. The van der Waals surface area contributed by atoms with E-state index in [1.165, 1.54) is 0 Å². The molecule has 17 heavy (non-hydrogen) atoms. The lowest BCUT2D eigenvalue weighted by molar-refractivity contribution is -0.00311. The summed E-state index contributed by atoms with van der Waals surface area (Å²) in [6.07, 6.45) is -0.488. The SMILES string of the molecule is CC(C)(C)OC(=O)NC[C@]1(CO)COCCN1. The number of amides is 1. The first-order chi connectivity index (χ1) is 7.87. The van der Waals surface area contributed by atoms with Crippen LogP contribution in [0.2, 0.25) is 0 Å². The Kier molecular flexibility index (Phi) is 4.73. The van der Waals surface area contributed by atoms with Gasteiger partial charge in [0.15, 0.2) is 0 Å². The van der Waals surface area contributed by atoms with Crippen LogP contribution in [0.25, 0.3) is 0 Å². The number of morpholine rings is 1. The molecule has 1 heterocycles. The van der Waals surface area contributed by atoms with Crippen molar-refractivity contribution in [3.63, 3.8) is 0 Å². The maximum absolute atomic E-state index is 11.5. The van der Waals surface area contributed by atoms with Crippen LogP contribution in [-0.4, -0.2) is 55.2 Å². The summed E-state index contributed by atoms with van der Waals surface area (Å²) in [5.41, 5.74) is -1.12. The van der Waals surface area contributed by atoms with Crippen molar-refractivity contribution >= 4 is 6.09 Å². The molecule has 0 bridgehead atoms. The third-order valence-corrected chi connectivity index (χ3v) is 2.40. The zero-order valence-electron chi connectivity index (χ0n) is 10.7. The first-order valence-corrected chi connectivity index (χ1v) is 5.77. The molecule has 1 rings (SSSR count). The number of carbonyl (C=O) groups excluding carboxylic acids is 1. The van der Waals surface area contributed by atoms with Crippen molar-refractivity contribution in [3.8, 4) is 0 Å². The predicted molar refractivity (Wildman–Crippen MR) is 62.9 cm³/mol. The van der Waals surface area contributed by atoms with Crippen LogP contribution in [0.4, 0.5) is 4.79 Å². The van der Waals surface area contributed by atoms with Gasteiger partial charge in [0.2, 0.25) is 0 Å². The molecule has 1 amide bonds. The van der Waals surface area contributed by atoms with Crippen LogP contribution >= 0.6 is 0 Å². The maximum Gasteiger partial charge on any atom is 0.407 e. The van der Waals surface area contributed by atoms with E-state index in [0.717, 1.165) is 0 Å². The molecule has 0 aliphatic carbocycles. The first kappa shape index (κ1) is 14.2. The minimum Gasteiger partial charge on any atom is -0.444 e. The number of ether oxygens (including phenoxy) is 2. The fourth-order valence-electron chi connectivity index (χ4n) is 1.53. The highest BCUT2D eigenvalue weighted by Crippen LogP contribution is 2.09. The average molecular weight is 246 g/mol. The third kappa shape index (κ3) is 4.89. The molecule has 100 valence electrons. The second-order valence-corrected chi connectivity index (χ2v) is 5.27. The van der Waals surface area contributed by atoms with E-state index in [1.54, 1.807) is 20.8 Å². The zero-order valence-corrected chi connectivity index (χ0v) is 10.7. The van der Waals surface area contributed by atoms with E-state index in [2.05, 4.69) is 10.6 Å². The van der Waals surface area contributed by atoms with Crippen molar-refractivity contribution in [2.45, 2.75) is 31.9 Å². The number of rotatable bonds is 3. The first-order valence-electron chi connectivity index (χ1n) is 5.77. The fraction of sp³-hybridized carbons (Fsp3) is 0.909. The maximum atomic E-state index is 11.5. The molecule has 0 aromatic carbocycles. The van der Waals surface area contributed by atoms with Gasteiger partial charge in [-0.3, -0.25) is 0 Å². The van der Waals surface area contributed by atoms with Gasteiger partial charge < -0.3 is 25.2 Å². The topological polar surface area (TPSA) is 79.8 Å². The summed E-state index contributed by atoms with van der Waals surface area (Å²) < 4.78 is 10.4. The molecular formula is C11H22N2O4. The van der Waals surface area contributed by atoms with Gasteiger partial charge in [-0.1, -0.05) is 0 Å². The van der Waals surface area contributed by atoms with Crippen molar-refractivity contribution in [1.29, 1.82) is 0 Å². The number of aliphatic hydroxyl groups is 1. The van der Waals surface area contributed by atoms with Crippen molar-refractivity contribution in [1.82, 2.24) is 10.6 Å². The highest BCUT2D eigenvalue weighted by Gasteiger charge is 2.32. The molecule has 0 aromatic rings. The van der Waals surface area contributed by atoms with Crippen LogP contribution in [0.5, 0.6) is 0 Å². The van der Waals surface area contributed by atoms with Gasteiger partial charge in [-0.15, -0.1) is 0 Å². The molecule has 3 N–H and O–H groups in total. The number of aliphatic hydroxyl groups excluding tert-OH is 1. The molecule has 1 atom stereocenters. The van der Waals surface area contributed by atoms with Crippen LogP contribution in [0.1, 0.15) is 20.8 Å². The molecule has 0 saturated carbocycles. The smallest absolute Gasteiger partial charge is 0.407 e. The van der Waals surface area contributed by atoms with E-state index in [-0.39, 0.29) is 13.2 Å². The summed E-state index contributed by atoms with van der Waals surface area (Å²) in [6.45, 7) is 7.24. The fourth-order valence-corrected chi connectivity index (χ4v) is 1.53. The van der Waals surface area contributed by atoms with E-state index in [1.807, 2.05) is 0 Å². The van der Waals surface area contributed by atoms with Crippen molar-refractivity contribution in [3.05, 3.63) is 0 Å². The summed E-state index contributed by atoms with van der Waals surface area (Å²) in [4.78, 5) is 11.5. The molecule has 0 spiro atoms. The van der Waals surface area contributed by atoms with E-state index in [0.29, 0.717) is 19.8 Å². The average Bonchev–Trinajstić information content (AvgIpc) is 2.25. The molecular weight excluding hydrogens is 224 g/mol. The van der Waals surface area contributed by atoms with E-state index >= 15 is 0 Å². The molecule has 1 aliphatic heterocycles. The molecule has 0 aromatic heterocycles. The Balaban J connectivity index is 2.39. The largest absolute Gasteiger partial charge is 0.444 e. The van der Waals surface area contributed by atoms with Gasteiger partial charge in [0.1, 0.15) is 5.60 Å². The van der Waals surface area contributed by atoms with Crippen LogP contribution in [-0.2, 0) is 9.47 Å². The number of hydrogen-bond donors (Lipinski definition) is 3. The Morgan fingerprint density at radius 2 is 2.29 bits per heavy atom. The minimum absolute atomic E-state index is 0.0944. The van der Waals surface area contributed by atoms with Crippen molar-refractivity contribution in [2.75, 3.05) is 32.9 Å². The summed E-state index contributed by atoms with van der Waals surface area (Å²) in [5.74, 6) is 0. The Morgan fingerprint density at radius 3 is 2.76 bits per heavy atom. The number of carbonyl (C=O) groups is 1. The van der Waals surface area contributed by atoms with Crippen molar-refractivity contribution in [2.24, 2.45) is 0 Å². The van der Waals surface area contributed by atoms with Gasteiger partial charge in [-0.25, -0.2) is 4.79 Å². The number of alkyl carbamates (subject to hydrolysis) is 1. The normalized spacial score (nSPS) is 25.4. The van der Waals surface area contributed by atoms with Gasteiger partial charge in [0.05, 0.1) is 25.4 Å². The third-order valence-electron chi connectivity index (χ3n) is 2.40. The lowest BCUT2D eigenvalue weighted by Crippen LogP contribution is -2.62. The molecule has 6 nitrogen and oxygen atoms in total. The Morgan fingerprint density at radius 1 is 1.59 bits per heavy atom. The highest BCUT2D eigenvalue weighted by atomic mass is 16.6. The van der Waals surface area contributed by atoms with Gasteiger partial charge in [0.25, 0.3) is 0 Å². The van der Waals surface area contributed by atoms with E-state index in [9.17, 15) is 9.90 Å². The lowest BCUT2D eigenvalue weighted by Gasteiger charge is -2.36. The van der Waals surface area contributed by atoms with Crippen LogP contribution in [0, 0.1) is 0 Å². The quantitative estimate of drug-likeness (QED) is 0.646. The summed E-state index contributed by atoms with van der Waals surface area (Å²) >= 11 is 0.